The molecular formula is C17H25Cl2N3OS. The second kappa shape index (κ2) is 10.7. The number of amides is 1. The predicted molar refractivity (Wildman–Crippen MR) is 105 cm³/mol. The molecule has 1 heterocycles. The van der Waals surface area contributed by atoms with Gasteiger partial charge in [-0.15, -0.1) is 36.2 Å². The highest BCUT2D eigenvalue weighted by Gasteiger charge is 2.25. The van der Waals surface area contributed by atoms with Gasteiger partial charge in [0.15, 0.2) is 0 Å². The van der Waals surface area contributed by atoms with Crippen LogP contribution in [0.15, 0.2) is 35.7 Å². The highest BCUT2D eigenvalue weighted by atomic mass is 35.5. The molecule has 1 aromatic heterocycles. The quantitative estimate of drug-likeness (QED) is 0.777. The molecule has 0 saturated carbocycles. The molecule has 134 valence electrons. The summed E-state index contributed by atoms with van der Waals surface area (Å²) >= 11 is 1.58. The molecule has 3 N–H and O–H groups in total. The van der Waals surface area contributed by atoms with Crippen molar-refractivity contribution in [3.8, 4) is 0 Å². The van der Waals surface area contributed by atoms with Crippen LogP contribution >= 0.6 is 36.2 Å². The summed E-state index contributed by atoms with van der Waals surface area (Å²) in [6.07, 6.45) is 0.811. The summed E-state index contributed by atoms with van der Waals surface area (Å²) in [4.78, 5) is 17.0. The standard InChI is InChI=1S/C17H23N3OS.2ClH/c1-4-14(17-19-11(2)10-22-17)20-16(21)12(3)15(18)13-8-6-5-7-9-13;;/h5-10,12,14-15H,4,18H2,1-3H3,(H,20,21);2*1H. The second-order valence-electron chi connectivity index (χ2n) is 5.52. The molecule has 0 bridgehead atoms. The number of aromatic nitrogens is 1. The number of carbonyl (C=O) groups excluding carboxylic acids is 1. The number of hydrogen-bond donors (Lipinski definition) is 2. The summed E-state index contributed by atoms with van der Waals surface area (Å²) < 4.78 is 0. The van der Waals surface area contributed by atoms with E-state index in [2.05, 4.69) is 10.3 Å². The van der Waals surface area contributed by atoms with Crippen LogP contribution in [0.5, 0.6) is 0 Å². The molecule has 24 heavy (non-hydrogen) atoms. The lowest BCUT2D eigenvalue weighted by Crippen LogP contribution is -2.37. The van der Waals surface area contributed by atoms with E-state index in [1.807, 2.05) is 56.5 Å². The van der Waals surface area contributed by atoms with Crippen LogP contribution in [0.3, 0.4) is 0 Å². The van der Waals surface area contributed by atoms with Crippen LogP contribution in [0.25, 0.3) is 0 Å². The normalized spacial score (nSPS) is 13.8. The van der Waals surface area contributed by atoms with Crippen LogP contribution in [0, 0.1) is 12.8 Å². The number of nitrogens with zero attached hydrogens (tertiary/aromatic N) is 1. The monoisotopic (exact) mass is 389 g/mol. The van der Waals surface area contributed by atoms with Gasteiger partial charge in [-0.05, 0) is 18.9 Å². The van der Waals surface area contributed by atoms with Crippen molar-refractivity contribution in [3.63, 3.8) is 0 Å². The van der Waals surface area contributed by atoms with Crippen molar-refractivity contribution in [1.29, 1.82) is 0 Å². The number of carbonyl (C=O) groups is 1. The molecule has 0 saturated heterocycles. The van der Waals surface area contributed by atoms with Gasteiger partial charge < -0.3 is 11.1 Å². The largest absolute Gasteiger partial charge is 0.347 e. The van der Waals surface area contributed by atoms with Gasteiger partial charge in [0.05, 0.1) is 12.0 Å². The van der Waals surface area contributed by atoms with Crippen LogP contribution in [0.4, 0.5) is 0 Å². The fourth-order valence-corrected chi connectivity index (χ4v) is 3.23. The molecule has 3 unspecified atom stereocenters. The summed E-state index contributed by atoms with van der Waals surface area (Å²) in [6, 6.07) is 9.37. The van der Waals surface area contributed by atoms with Gasteiger partial charge in [-0.3, -0.25) is 4.79 Å². The van der Waals surface area contributed by atoms with E-state index in [4.69, 9.17) is 5.73 Å². The van der Waals surface area contributed by atoms with Crippen molar-refractivity contribution in [2.24, 2.45) is 11.7 Å². The SMILES string of the molecule is CCC(NC(=O)C(C)C(N)c1ccccc1)c1nc(C)cs1.Cl.Cl. The Hall–Kier alpha value is -1.14. The number of benzene rings is 1. The predicted octanol–water partition coefficient (Wildman–Crippen LogP) is 4.20. The van der Waals surface area contributed by atoms with Crippen LogP contribution < -0.4 is 11.1 Å². The third-order valence-electron chi connectivity index (χ3n) is 3.80. The van der Waals surface area contributed by atoms with E-state index in [1.165, 1.54) is 0 Å². The van der Waals surface area contributed by atoms with Gasteiger partial charge in [0.25, 0.3) is 0 Å². The van der Waals surface area contributed by atoms with Crippen LogP contribution in [-0.4, -0.2) is 10.9 Å². The van der Waals surface area contributed by atoms with Crippen molar-refractivity contribution in [3.05, 3.63) is 52.0 Å². The molecule has 0 spiro atoms. The van der Waals surface area contributed by atoms with E-state index in [0.717, 1.165) is 22.7 Å². The molecule has 0 radical (unpaired) electrons. The molecule has 0 fully saturated rings. The van der Waals surface area contributed by atoms with Gasteiger partial charge in [0, 0.05) is 17.1 Å². The Morgan fingerprint density at radius 3 is 2.42 bits per heavy atom. The average molecular weight is 390 g/mol. The first-order chi connectivity index (χ1) is 10.5. The fraction of sp³-hybridized carbons (Fsp3) is 0.412. The first-order valence-corrected chi connectivity index (χ1v) is 8.43. The maximum absolute atomic E-state index is 12.5. The maximum Gasteiger partial charge on any atom is 0.225 e. The Labute approximate surface area is 160 Å². The summed E-state index contributed by atoms with van der Waals surface area (Å²) in [7, 11) is 0. The topological polar surface area (TPSA) is 68.0 Å². The summed E-state index contributed by atoms with van der Waals surface area (Å²) in [5.41, 5.74) is 8.19. The van der Waals surface area contributed by atoms with E-state index >= 15 is 0 Å². The Morgan fingerprint density at radius 2 is 1.92 bits per heavy atom. The van der Waals surface area contributed by atoms with E-state index in [9.17, 15) is 4.79 Å². The molecule has 4 nitrogen and oxygen atoms in total. The Morgan fingerprint density at radius 1 is 1.29 bits per heavy atom. The smallest absolute Gasteiger partial charge is 0.225 e. The van der Waals surface area contributed by atoms with Crippen molar-refractivity contribution in [2.45, 2.75) is 39.3 Å². The molecule has 0 aliphatic carbocycles. The minimum Gasteiger partial charge on any atom is -0.347 e. The maximum atomic E-state index is 12.5. The van der Waals surface area contributed by atoms with Crippen LogP contribution in [0.2, 0.25) is 0 Å². The zero-order valence-electron chi connectivity index (χ0n) is 14.1. The van der Waals surface area contributed by atoms with Gasteiger partial charge in [0.2, 0.25) is 5.91 Å². The second-order valence-corrected chi connectivity index (χ2v) is 6.41. The molecular weight excluding hydrogens is 365 g/mol. The van der Waals surface area contributed by atoms with E-state index in [1.54, 1.807) is 11.3 Å². The first-order valence-electron chi connectivity index (χ1n) is 7.55. The van der Waals surface area contributed by atoms with E-state index in [0.29, 0.717) is 0 Å². The Bertz CT molecular complexity index is 621. The van der Waals surface area contributed by atoms with Gasteiger partial charge in [-0.2, -0.15) is 0 Å². The highest BCUT2D eigenvalue weighted by Crippen LogP contribution is 2.24. The molecule has 7 heteroatoms. The van der Waals surface area contributed by atoms with Gasteiger partial charge in [0.1, 0.15) is 5.01 Å². The molecule has 2 rings (SSSR count). The van der Waals surface area contributed by atoms with E-state index < -0.39 is 0 Å². The molecule has 0 aliphatic rings. The summed E-state index contributed by atoms with van der Waals surface area (Å²) in [5.74, 6) is -0.325. The zero-order valence-corrected chi connectivity index (χ0v) is 16.5. The van der Waals surface area contributed by atoms with Crippen molar-refractivity contribution < 1.29 is 4.79 Å². The number of thiazole rings is 1. The fourth-order valence-electron chi connectivity index (χ4n) is 2.30. The summed E-state index contributed by atoms with van der Waals surface area (Å²) in [6.45, 7) is 5.87. The number of halogens is 2. The van der Waals surface area contributed by atoms with Crippen molar-refractivity contribution in [1.82, 2.24) is 10.3 Å². The lowest BCUT2D eigenvalue weighted by Gasteiger charge is -2.22. The van der Waals surface area contributed by atoms with Gasteiger partial charge in [-0.25, -0.2) is 4.98 Å². The lowest BCUT2D eigenvalue weighted by molar-refractivity contribution is -0.126. The zero-order chi connectivity index (χ0) is 16.1. The van der Waals surface area contributed by atoms with Crippen LogP contribution in [0.1, 0.15) is 48.6 Å². The molecule has 0 aliphatic heterocycles. The van der Waals surface area contributed by atoms with Gasteiger partial charge in [-0.1, -0.05) is 44.2 Å². The third-order valence-corrected chi connectivity index (χ3v) is 4.87. The third kappa shape index (κ3) is 5.74. The Balaban J connectivity index is 0.00000264. The minimum absolute atomic E-state index is 0. The number of aryl methyl sites for hydroxylation is 1. The van der Waals surface area contributed by atoms with Crippen molar-refractivity contribution >= 4 is 42.1 Å². The highest BCUT2D eigenvalue weighted by molar-refractivity contribution is 7.09. The first kappa shape index (κ1) is 22.9. The number of nitrogens with two attached hydrogens (primary N) is 1. The minimum atomic E-state index is -0.309. The summed E-state index contributed by atoms with van der Waals surface area (Å²) in [5, 5.41) is 6.03. The number of nitrogens with one attached hydrogen (secondary N) is 1. The number of hydrogen-bond acceptors (Lipinski definition) is 4. The van der Waals surface area contributed by atoms with Crippen LogP contribution in [-0.2, 0) is 4.79 Å². The van der Waals surface area contributed by atoms with E-state index in [-0.39, 0.29) is 48.7 Å². The molecule has 1 amide bonds. The lowest BCUT2D eigenvalue weighted by atomic mass is 9.94. The molecule has 1 aromatic carbocycles. The molecule has 2 aromatic rings. The number of rotatable bonds is 6. The van der Waals surface area contributed by atoms with Gasteiger partial charge >= 0.3 is 0 Å². The van der Waals surface area contributed by atoms with Crippen molar-refractivity contribution in [2.75, 3.05) is 0 Å². The average Bonchev–Trinajstić information content (AvgIpc) is 2.98. The molecule has 3 atom stereocenters. The Kier molecular flexibility index (Phi) is 10.2.